The van der Waals surface area contributed by atoms with Crippen LogP contribution in [0.4, 0.5) is 0 Å². The smallest absolute Gasteiger partial charge is 0.0991 e. The van der Waals surface area contributed by atoms with Gasteiger partial charge in [0.25, 0.3) is 0 Å². The zero-order valence-electron chi connectivity index (χ0n) is 8.52. The summed E-state index contributed by atoms with van der Waals surface area (Å²) >= 11 is 0. The van der Waals surface area contributed by atoms with Crippen molar-refractivity contribution in [2.75, 3.05) is 21.1 Å². The third kappa shape index (κ3) is 2.55. The molecule has 0 aromatic rings. The molecule has 0 aliphatic carbocycles. The fourth-order valence-corrected chi connectivity index (χ4v) is 1.51. The Kier molecular flexibility index (Phi) is 4.24. The lowest BCUT2D eigenvalue weighted by Gasteiger charge is -2.41. The van der Waals surface area contributed by atoms with Gasteiger partial charge in [0.15, 0.2) is 0 Å². The van der Waals surface area contributed by atoms with Crippen molar-refractivity contribution in [2.24, 2.45) is 0 Å². The first-order valence-electron chi connectivity index (χ1n) is 4.08. The van der Waals surface area contributed by atoms with E-state index in [1.54, 1.807) is 0 Å². The molecule has 0 aromatic carbocycles. The van der Waals surface area contributed by atoms with Gasteiger partial charge in [-0.25, -0.2) is 0 Å². The van der Waals surface area contributed by atoms with Gasteiger partial charge in [-0.05, 0) is 35.0 Å². The van der Waals surface area contributed by atoms with Gasteiger partial charge >= 0.3 is 0 Å². The standard InChI is InChI=1S/C7H21N3Si/c1-6(2)10(5)7(11,8-3)9-4/h6,8-9H,1-5,11H3. The number of hydrogen-bond acceptors (Lipinski definition) is 3. The summed E-state index contributed by atoms with van der Waals surface area (Å²) < 4.78 is 0. The number of hydrogen-bond donors (Lipinski definition) is 2. The van der Waals surface area contributed by atoms with Crippen LogP contribution < -0.4 is 10.6 Å². The van der Waals surface area contributed by atoms with Gasteiger partial charge in [0.05, 0.1) is 15.7 Å². The van der Waals surface area contributed by atoms with E-state index in [0.717, 1.165) is 10.2 Å². The molecular weight excluding hydrogens is 154 g/mol. The molecule has 0 radical (unpaired) electrons. The number of nitrogens with one attached hydrogen (secondary N) is 2. The summed E-state index contributed by atoms with van der Waals surface area (Å²) in [6, 6.07) is 0.562. The minimum Gasteiger partial charge on any atom is -0.294 e. The maximum Gasteiger partial charge on any atom is 0.0991 e. The highest BCUT2D eigenvalue weighted by atomic mass is 28.1. The van der Waals surface area contributed by atoms with E-state index in [9.17, 15) is 0 Å². The Bertz CT molecular complexity index is 112. The highest BCUT2D eigenvalue weighted by Crippen LogP contribution is 2.04. The molecule has 0 spiro atoms. The average Bonchev–Trinajstić information content (AvgIpc) is 2.01. The molecule has 0 rings (SSSR count). The molecule has 2 N–H and O–H groups in total. The van der Waals surface area contributed by atoms with Gasteiger partial charge in [0, 0.05) is 6.04 Å². The van der Waals surface area contributed by atoms with Crippen molar-refractivity contribution >= 4 is 10.2 Å². The van der Waals surface area contributed by atoms with Crippen LogP contribution in [0.5, 0.6) is 0 Å². The Hall–Kier alpha value is 0.0969. The van der Waals surface area contributed by atoms with Crippen LogP contribution >= 0.6 is 0 Å². The molecule has 0 saturated heterocycles. The highest BCUT2D eigenvalue weighted by Gasteiger charge is 2.25. The third-order valence-electron chi connectivity index (χ3n) is 2.45. The van der Waals surface area contributed by atoms with Gasteiger partial charge in [-0.2, -0.15) is 0 Å². The quantitative estimate of drug-likeness (QED) is 0.413. The summed E-state index contributed by atoms with van der Waals surface area (Å²) in [4.78, 5) is 2.30. The Morgan fingerprint density at radius 3 is 1.73 bits per heavy atom. The van der Waals surface area contributed by atoms with E-state index in [4.69, 9.17) is 0 Å². The Balaban J connectivity index is 4.24. The first-order chi connectivity index (χ1) is 4.98. The second kappa shape index (κ2) is 4.20. The Labute approximate surface area is 73.0 Å². The fraction of sp³-hybridized carbons (Fsp3) is 1.00. The largest absolute Gasteiger partial charge is 0.294 e. The van der Waals surface area contributed by atoms with Crippen LogP contribution in [0, 0.1) is 0 Å². The summed E-state index contributed by atoms with van der Waals surface area (Å²) in [5, 5.41) is 6.57. The van der Waals surface area contributed by atoms with Crippen LogP contribution in [-0.2, 0) is 0 Å². The molecule has 0 unspecified atom stereocenters. The molecule has 0 bridgehead atoms. The Morgan fingerprint density at radius 1 is 1.27 bits per heavy atom. The van der Waals surface area contributed by atoms with Crippen LogP contribution in [-0.4, -0.2) is 47.7 Å². The van der Waals surface area contributed by atoms with E-state index in [-0.39, 0.29) is 5.41 Å². The molecule has 68 valence electrons. The van der Waals surface area contributed by atoms with E-state index < -0.39 is 0 Å². The maximum absolute atomic E-state index is 3.29. The number of rotatable bonds is 4. The van der Waals surface area contributed by atoms with Crippen LogP contribution in [0.1, 0.15) is 13.8 Å². The fourth-order valence-electron chi connectivity index (χ4n) is 0.994. The van der Waals surface area contributed by atoms with E-state index in [1.807, 2.05) is 14.1 Å². The summed E-state index contributed by atoms with van der Waals surface area (Å²) in [7, 11) is 7.16. The maximum atomic E-state index is 3.29. The predicted octanol–water partition coefficient (Wildman–Crippen LogP) is -1.26. The van der Waals surface area contributed by atoms with Crippen molar-refractivity contribution in [1.29, 1.82) is 0 Å². The van der Waals surface area contributed by atoms with Crippen LogP contribution in [0.15, 0.2) is 0 Å². The molecule has 0 aliphatic rings. The molecule has 0 fully saturated rings. The molecular formula is C7H21N3Si. The minimum atomic E-state index is 0.0359. The van der Waals surface area contributed by atoms with Gasteiger partial charge in [0.2, 0.25) is 0 Å². The molecule has 0 atom stereocenters. The van der Waals surface area contributed by atoms with Crippen molar-refractivity contribution in [1.82, 2.24) is 15.5 Å². The lowest BCUT2D eigenvalue weighted by atomic mass is 10.3. The first kappa shape index (κ1) is 11.1. The molecule has 0 saturated carbocycles. The van der Waals surface area contributed by atoms with Crippen molar-refractivity contribution in [3.8, 4) is 0 Å². The lowest BCUT2D eigenvalue weighted by molar-refractivity contribution is 0.109. The normalized spacial score (nSPS) is 13.4. The van der Waals surface area contributed by atoms with Gasteiger partial charge in [-0.3, -0.25) is 15.5 Å². The van der Waals surface area contributed by atoms with Crippen LogP contribution in [0.3, 0.4) is 0 Å². The summed E-state index contributed by atoms with van der Waals surface area (Å²) in [5.41, 5.74) is 0.0359. The summed E-state index contributed by atoms with van der Waals surface area (Å²) in [5.74, 6) is 0. The second-order valence-electron chi connectivity index (χ2n) is 3.28. The van der Waals surface area contributed by atoms with Gasteiger partial charge < -0.3 is 0 Å². The highest BCUT2D eigenvalue weighted by molar-refractivity contribution is 6.14. The second-order valence-corrected chi connectivity index (χ2v) is 4.72. The van der Waals surface area contributed by atoms with E-state index >= 15 is 0 Å². The van der Waals surface area contributed by atoms with Crippen molar-refractivity contribution < 1.29 is 0 Å². The van der Waals surface area contributed by atoms with Crippen molar-refractivity contribution in [3.63, 3.8) is 0 Å². The molecule has 0 heterocycles. The zero-order chi connectivity index (χ0) is 9.07. The Morgan fingerprint density at radius 2 is 1.64 bits per heavy atom. The molecule has 0 amide bonds. The topological polar surface area (TPSA) is 27.3 Å². The zero-order valence-corrected chi connectivity index (χ0v) is 10.5. The van der Waals surface area contributed by atoms with E-state index in [0.29, 0.717) is 6.04 Å². The van der Waals surface area contributed by atoms with E-state index in [2.05, 4.69) is 36.4 Å². The number of nitrogens with zero attached hydrogens (tertiary/aromatic N) is 1. The summed E-state index contributed by atoms with van der Waals surface area (Å²) in [6.45, 7) is 4.39. The van der Waals surface area contributed by atoms with Gasteiger partial charge in [0.1, 0.15) is 0 Å². The van der Waals surface area contributed by atoms with Crippen molar-refractivity contribution in [2.45, 2.75) is 25.3 Å². The lowest BCUT2D eigenvalue weighted by Crippen LogP contribution is -2.66. The molecule has 4 heteroatoms. The molecule has 0 aliphatic heterocycles. The van der Waals surface area contributed by atoms with Crippen LogP contribution in [0.2, 0.25) is 0 Å². The molecule has 0 aromatic heterocycles. The van der Waals surface area contributed by atoms with Crippen molar-refractivity contribution in [3.05, 3.63) is 0 Å². The average molecular weight is 175 g/mol. The predicted molar refractivity (Wildman–Crippen MR) is 53.7 cm³/mol. The van der Waals surface area contributed by atoms with Gasteiger partial charge in [-0.15, -0.1) is 0 Å². The SMILES string of the molecule is CNC([SiH3])(NC)N(C)C(C)C. The van der Waals surface area contributed by atoms with Gasteiger partial charge in [-0.1, -0.05) is 0 Å². The first-order valence-corrected chi connectivity index (χ1v) is 5.08. The minimum absolute atomic E-state index is 0.0359. The monoisotopic (exact) mass is 175 g/mol. The third-order valence-corrected chi connectivity index (χ3v) is 4.16. The molecule has 11 heavy (non-hydrogen) atoms. The molecule has 3 nitrogen and oxygen atoms in total. The van der Waals surface area contributed by atoms with Crippen LogP contribution in [0.25, 0.3) is 0 Å². The van der Waals surface area contributed by atoms with E-state index in [1.165, 1.54) is 0 Å². The summed E-state index contributed by atoms with van der Waals surface area (Å²) in [6.07, 6.45) is 0.